The second kappa shape index (κ2) is 10.5. The number of hydrogen-bond donors (Lipinski definition) is 3. The molecule has 0 unspecified atom stereocenters. The fraction of sp³-hybridized carbons (Fsp3) is 0. The number of furan rings is 2. The van der Waals surface area contributed by atoms with Crippen LogP contribution in [0.25, 0.3) is 22.3 Å². The number of benzene rings is 3. The van der Waals surface area contributed by atoms with Gasteiger partial charge < -0.3 is 19.5 Å². The van der Waals surface area contributed by atoms with E-state index in [1.54, 1.807) is 60.7 Å². The number of rotatable bonds is 5. The molecule has 0 saturated carbocycles. The average molecular weight is 550 g/mol. The second-order valence-corrected chi connectivity index (χ2v) is 9.13. The molecular weight excluding hydrogens is 533 g/mol. The van der Waals surface area contributed by atoms with Crippen LogP contribution in [-0.2, 0) is 0 Å². The molecule has 184 valence electrons. The van der Waals surface area contributed by atoms with Crippen molar-refractivity contribution in [3.05, 3.63) is 106 Å². The Bertz CT molecular complexity index is 1610. The highest BCUT2D eigenvalue weighted by atomic mass is 35.5. The Morgan fingerprint density at radius 1 is 0.730 bits per heavy atom. The van der Waals surface area contributed by atoms with E-state index in [2.05, 4.69) is 16.0 Å². The summed E-state index contributed by atoms with van der Waals surface area (Å²) in [6, 6.07) is 24.0. The van der Waals surface area contributed by atoms with Gasteiger partial charge in [0.05, 0.1) is 5.02 Å². The Morgan fingerprint density at radius 2 is 1.46 bits per heavy atom. The molecule has 10 heteroatoms. The lowest BCUT2D eigenvalue weighted by Crippen LogP contribution is -2.33. The van der Waals surface area contributed by atoms with Crippen molar-refractivity contribution >= 4 is 74.7 Å². The van der Waals surface area contributed by atoms with Crippen molar-refractivity contribution in [2.75, 3.05) is 10.6 Å². The number of para-hydroxylation sites is 1. The van der Waals surface area contributed by atoms with Gasteiger partial charge in [0.15, 0.2) is 16.6 Å². The van der Waals surface area contributed by atoms with E-state index in [-0.39, 0.29) is 22.5 Å². The standard InChI is InChI=1S/C27H17Cl2N3O4S/c28-16-5-10-19(20(29)14-16)22-11-12-23(36-22)25(33)32-27(37)31-18-8-6-17(7-9-18)30-26(34)24-13-15-3-1-2-4-21(15)35-24/h1-14H,(H,30,34)(H2,31,32,33,37). The van der Waals surface area contributed by atoms with Crippen LogP contribution in [-0.4, -0.2) is 16.9 Å². The van der Waals surface area contributed by atoms with Crippen molar-refractivity contribution in [1.82, 2.24) is 5.32 Å². The van der Waals surface area contributed by atoms with Crippen LogP contribution < -0.4 is 16.0 Å². The van der Waals surface area contributed by atoms with E-state index >= 15 is 0 Å². The molecule has 0 bridgehead atoms. The van der Waals surface area contributed by atoms with Crippen molar-refractivity contribution in [1.29, 1.82) is 0 Å². The van der Waals surface area contributed by atoms with Crippen LogP contribution in [0, 0.1) is 0 Å². The first-order valence-corrected chi connectivity index (χ1v) is 12.1. The second-order valence-electron chi connectivity index (χ2n) is 7.88. The summed E-state index contributed by atoms with van der Waals surface area (Å²) in [4.78, 5) is 25.1. The molecule has 3 aromatic carbocycles. The van der Waals surface area contributed by atoms with Gasteiger partial charge in [-0.2, -0.15) is 0 Å². The number of amides is 2. The zero-order valence-corrected chi connectivity index (χ0v) is 21.2. The number of thiocarbonyl (C=S) groups is 1. The summed E-state index contributed by atoms with van der Waals surface area (Å²) in [7, 11) is 0. The minimum atomic E-state index is -0.524. The summed E-state index contributed by atoms with van der Waals surface area (Å²) in [5.41, 5.74) is 2.43. The Hall–Kier alpha value is -4.11. The van der Waals surface area contributed by atoms with E-state index in [0.717, 1.165) is 5.39 Å². The molecule has 0 aliphatic heterocycles. The van der Waals surface area contributed by atoms with Crippen molar-refractivity contribution < 1.29 is 18.4 Å². The SMILES string of the molecule is O=C(NC(=S)Nc1ccc(NC(=O)c2cc3ccccc3o2)cc1)c1ccc(-c2ccc(Cl)cc2Cl)o1. The van der Waals surface area contributed by atoms with Gasteiger partial charge in [-0.05, 0) is 78.9 Å². The van der Waals surface area contributed by atoms with Crippen LogP contribution in [0.3, 0.4) is 0 Å². The first-order valence-electron chi connectivity index (χ1n) is 10.9. The largest absolute Gasteiger partial charge is 0.451 e. The number of fused-ring (bicyclic) bond motifs is 1. The van der Waals surface area contributed by atoms with Gasteiger partial charge in [0, 0.05) is 27.3 Å². The van der Waals surface area contributed by atoms with Crippen LogP contribution in [0.5, 0.6) is 0 Å². The molecule has 0 atom stereocenters. The van der Waals surface area contributed by atoms with E-state index < -0.39 is 5.91 Å². The fourth-order valence-electron chi connectivity index (χ4n) is 3.54. The van der Waals surface area contributed by atoms with Crippen LogP contribution in [0.15, 0.2) is 93.8 Å². The van der Waals surface area contributed by atoms with Crippen molar-refractivity contribution in [2.24, 2.45) is 0 Å². The predicted octanol–water partition coefficient (Wildman–Crippen LogP) is 7.38. The third kappa shape index (κ3) is 5.67. The van der Waals surface area contributed by atoms with Crippen molar-refractivity contribution in [3.63, 3.8) is 0 Å². The summed E-state index contributed by atoms with van der Waals surface area (Å²) in [5, 5.41) is 10.1. The molecule has 0 aliphatic rings. The summed E-state index contributed by atoms with van der Waals surface area (Å²) < 4.78 is 11.2. The average Bonchev–Trinajstić information content (AvgIpc) is 3.53. The monoisotopic (exact) mass is 549 g/mol. The third-order valence-corrected chi connectivity index (χ3v) is 6.06. The highest BCUT2D eigenvalue weighted by Gasteiger charge is 2.16. The number of carbonyl (C=O) groups excluding carboxylic acids is 2. The predicted molar refractivity (Wildman–Crippen MR) is 148 cm³/mol. The van der Waals surface area contributed by atoms with Gasteiger partial charge in [-0.1, -0.05) is 41.4 Å². The minimum absolute atomic E-state index is 0.0637. The Labute approximate surface area is 226 Å². The first kappa shape index (κ1) is 24.6. The molecule has 0 spiro atoms. The van der Waals surface area contributed by atoms with Gasteiger partial charge in [0.1, 0.15) is 11.3 Å². The molecule has 5 rings (SSSR count). The lowest BCUT2D eigenvalue weighted by atomic mass is 10.2. The molecule has 0 radical (unpaired) electrons. The van der Waals surface area contributed by atoms with Gasteiger partial charge in [-0.3, -0.25) is 14.9 Å². The summed E-state index contributed by atoms with van der Waals surface area (Å²) >= 11 is 17.4. The van der Waals surface area contributed by atoms with Crippen LogP contribution in [0.4, 0.5) is 11.4 Å². The highest BCUT2D eigenvalue weighted by molar-refractivity contribution is 7.80. The highest BCUT2D eigenvalue weighted by Crippen LogP contribution is 2.31. The quantitative estimate of drug-likeness (QED) is 0.198. The van der Waals surface area contributed by atoms with Gasteiger partial charge in [-0.25, -0.2) is 0 Å². The molecule has 5 aromatic rings. The molecule has 0 fully saturated rings. The maximum atomic E-state index is 12.6. The normalized spacial score (nSPS) is 10.8. The van der Waals surface area contributed by atoms with Crippen LogP contribution in [0.1, 0.15) is 21.1 Å². The third-order valence-electron chi connectivity index (χ3n) is 5.30. The number of nitrogens with one attached hydrogen (secondary N) is 3. The lowest BCUT2D eigenvalue weighted by molar-refractivity contribution is 0.0950. The van der Waals surface area contributed by atoms with E-state index in [4.69, 9.17) is 44.3 Å². The van der Waals surface area contributed by atoms with Crippen LogP contribution in [0.2, 0.25) is 10.0 Å². The molecule has 37 heavy (non-hydrogen) atoms. The molecule has 7 nitrogen and oxygen atoms in total. The Morgan fingerprint density at radius 3 is 2.19 bits per heavy atom. The maximum absolute atomic E-state index is 12.6. The van der Waals surface area contributed by atoms with E-state index in [0.29, 0.717) is 38.3 Å². The number of halogens is 2. The molecule has 0 saturated heterocycles. The van der Waals surface area contributed by atoms with E-state index in [9.17, 15) is 9.59 Å². The zero-order chi connectivity index (χ0) is 25.9. The topological polar surface area (TPSA) is 96.5 Å². The molecule has 2 heterocycles. The van der Waals surface area contributed by atoms with Gasteiger partial charge >= 0.3 is 0 Å². The molecular formula is C27H17Cl2N3O4S. The maximum Gasteiger partial charge on any atom is 0.293 e. The van der Waals surface area contributed by atoms with Crippen LogP contribution >= 0.6 is 35.4 Å². The molecule has 2 amide bonds. The first-order chi connectivity index (χ1) is 17.9. The Kier molecular flexibility index (Phi) is 6.96. The summed E-state index contributed by atoms with van der Waals surface area (Å²) in [6.45, 7) is 0. The molecule has 0 aliphatic carbocycles. The number of anilines is 2. The molecule has 3 N–H and O–H groups in total. The summed E-state index contributed by atoms with van der Waals surface area (Å²) in [6.07, 6.45) is 0. The smallest absolute Gasteiger partial charge is 0.293 e. The minimum Gasteiger partial charge on any atom is -0.451 e. The van der Waals surface area contributed by atoms with Gasteiger partial charge in [0.2, 0.25) is 0 Å². The molecule has 2 aromatic heterocycles. The van der Waals surface area contributed by atoms with E-state index in [1.165, 1.54) is 6.07 Å². The van der Waals surface area contributed by atoms with Crippen molar-refractivity contribution in [2.45, 2.75) is 0 Å². The Balaban J connectivity index is 1.17. The lowest BCUT2D eigenvalue weighted by Gasteiger charge is -2.10. The fourth-order valence-corrected chi connectivity index (χ4v) is 4.26. The van der Waals surface area contributed by atoms with Gasteiger partial charge in [0.25, 0.3) is 11.8 Å². The van der Waals surface area contributed by atoms with E-state index in [1.807, 2.05) is 18.2 Å². The van der Waals surface area contributed by atoms with Gasteiger partial charge in [-0.15, -0.1) is 0 Å². The summed E-state index contributed by atoms with van der Waals surface area (Å²) in [5.74, 6) is -0.188. The van der Waals surface area contributed by atoms with Crippen molar-refractivity contribution in [3.8, 4) is 11.3 Å². The number of carbonyl (C=O) groups is 2. The zero-order valence-electron chi connectivity index (χ0n) is 18.9. The number of hydrogen-bond acceptors (Lipinski definition) is 5.